The molecule has 1 rings (SSSR count). The van der Waals surface area contributed by atoms with E-state index in [2.05, 4.69) is 18.7 Å². The van der Waals surface area contributed by atoms with Crippen LogP contribution >= 0.6 is 0 Å². The third kappa shape index (κ3) is 4.25. The normalized spacial score (nSPS) is 28.4. The van der Waals surface area contributed by atoms with Gasteiger partial charge in [-0.3, -0.25) is 9.69 Å². The molecule has 0 aromatic heterocycles. The van der Waals surface area contributed by atoms with Gasteiger partial charge in [-0.05, 0) is 37.8 Å². The number of ether oxygens (including phenoxy) is 1. The van der Waals surface area contributed by atoms with Gasteiger partial charge >= 0.3 is 5.97 Å². The van der Waals surface area contributed by atoms with E-state index in [0.717, 1.165) is 25.6 Å². The third-order valence-corrected chi connectivity index (χ3v) is 4.23. The predicted molar refractivity (Wildman–Crippen MR) is 73.2 cm³/mol. The minimum atomic E-state index is -0.124. The molecule has 1 aliphatic rings. The molecule has 106 valence electrons. The summed E-state index contributed by atoms with van der Waals surface area (Å²) in [6.07, 6.45) is 4.19. The second-order valence-corrected chi connectivity index (χ2v) is 5.44. The number of rotatable bonds is 6. The van der Waals surface area contributed by atoms with Gasteiger partial charge < -0.3 is 10.5 Å². The molecule has 1 fully saturated rings. The minimum Gasteiger partial charge on any atom is -0.469 e. The Morgan fingerprint density at radius 3 is 2.72 bits per heavy atom. The number of esters is 1. The van der Waals surface area contributed by atoms with Crippen LogP contribution in [-0.2, 0) is 9.53 Å². The highest BCUT2D eigenvalue weighted by atomic mass is 16.5. The van der Waals surface area contributed by atoms with Crippen molar-refractivity contribution in [3.05, 3.63) is 0 Å². The van der Waals surface area contributed by atoms with Crippen LogP contribution in [0, 0.1) is 11.8 Å². The van der Waals surface area contributed by atoms with E-state index in [9.17, 15) is 4.79 Å². The number of nitrogens with two attached hydrogens (primary N) is 1. The van der Waals surface area contributed by atoms with Crippen LogP contribution in [0.2, 0.25) is 0 Å². The van der Waals surface area contributed by atoms with E-state index in [0.29, 0.717) is 18.4 Å². The Labute approximate surface area is 111 Å². The van der Waals surface area contributed by atoms with Crippen molar-refractivity contribution in [1.82, 2.24) is 4.90 Å². The van der Waals surface area contributed by atoms with Crippen molar-refractivity contribution in [3.8, 4) is 0 Å². The summed E-state index contributed by atoms with van der Waals surface area (Å²) in [5.41, 5.74) is 5.90. The van der Waals surface area contributed by atoms with Crippen LogP contribution in [0.1, 0.15) is 39.5 Å². The molecule has 0 heterocycles. The van der Waals surface area contributed by atoms with Crippen LogP contribution in [0.3, 0.4) is 0 Å². The van der Waals surface area contributed by atoms with Gasteiger partial charge in [-0.25, -0.2) is 0 Å². The van der Waals surface area contributed by atoms with Crippen LogP contribution in [0.25, 0.3) is 0 Å². The van der Waals surface area contributed by atoms with E-state index in [1.807, 2.05) is 0 Å². The van der Waals surface area contributed by atoms with Crippen molar-refractivity contribution in [2.75, 3.05) is 26.7 Å². The standard InChI is InChI=1S/C14H28N2O2/c1-4-16(8-7-14(17)18-3)13-9-11(2)5-6-12(13)10-15/h11-13H,4-10,15H2,1-3H3. The van der Waals surface area contributed by atoms with Gasteiger partial charge in [0, 0.05) is 12.6 Å². The van der Waals surface area contributed by atoms with E-state index >= 15 is 0 Å². The first-order valence-electron chi connectivity index (χ1n) is 7.13. The maximum atomic E-state index is 11.3. The molecule has 0 saturated heterocycles. The molecule has 0 aromatic carbocycles. The first-order valence-corrected chi connectivity index (χ1v) is 7.13. The van der Waals surface area contributed by atoms with Crippen molar-refractivity contribution < 1.29 is 9.53 Å². The van der Waals surface area contributed by atoms with Crippen LogP contribution in [0.5, 0.6) is 0 Å². The fraction of sp³-hybridized carbons (Fsp3) is 0.929. The van der Waals surface area contributed by atoms with E-state index in [1.54, 1.807) is 0 Å². The van der Waals surface area contributed by atoms with Crippen molar-refractivity contribution in [2.24, 2.45) is 17.6 Å². The van der Waals surface area contributed by atoms with Crippen molar-refractivity contribution in [3.63, 3.8) is 0 Å². The Hall–Kier alpha value is -0.610. The Bertz CT molecular complexity index is 258. The van der Waals surface area contributed by atoms with Crippen LogP contribution in [0.15, 0.2) is 0 Å². The topological polar surface area (TPSA) is 55.6 Å². The Morgan fingerprint density at radius 2 is 2.17 bits per heavy atom. The molecule has 0 aliphatic heterocycles. The Morgan fingerprint density at radius 1 is 1.44 bits per heavy atom. The van der Waals surface area contributed by atoms with E-state index < -0.39 is 0 Å². The van der Waals surface area contributed by atoms with Crippen molar-refractivity contribution >= 4 is 5.97 Å². The SMILES string of the molecule is CCN(CCC(=O)OC)C1CC(C)CCC1CN. The molecular weight excluding hydrogens is 228 g/mol. The quantitative estimate of drug-likeness (QED) is 0.734. The van der Waals surface area contributed by atoms with Gasteiger partial charge in [0.2, 0.25) is 0 Å². The monoisotopic (exact) mass is 256 g/mol. The van der Waals surface area contributed by atoms with Crippen molar-refractivity contribution in [1.29, 1.82) is 0 Å². The summed E-state index contributed by atoms with van der Waals surface area (Å²) in [6.45, 7) is 6.99. The highest BCUT2D eigenvalue weighted by Gasteiger charge is 2.31. The second kappa shape index (κ2) is 7.74. The molecule has 1 saturated carbocycles. The maximum absolute atomic E-state index is 11.3. The number of methoxy groups -OCH3 is 1. The highest BCUT2D eigenvalue weighted by molar-refractivity contribution is 5.69. The van der Waals surface area contributed by atoms with Crippen LogP contribution in [0.4, 0.5) is 0 Å². The number of carbonyl (C=O) groups is 1. The van der Waals surface area contributed by atoms with Gasteiger partial charge in [-0.2, -0.15) is 0 Å². The minimum absolute atomic E-state index is 0.124. The molecule has 0 amide bonds. The summed E-state index contributed by atoms with van der Waals surface area (Å²) < 4.78 is 4.72. The Balaban J connectivity index is 2.57. The van der Waals surface area contributed by atoms with Gasteiger partial charge in [0.1, 0.15) is 0 Å². The number of nitrogens with zero attached hydrogens (tertiary/aromatic N) is 1. The third-order valence-electron chi connectivity index (χ3n) is 4.23. The summed E-state index contributed by atoms with van der Waals surface area (Å²) in [5, 5.41) is 0. The second-order valence-electron chi connectivity index (χ2n) is 5.44. The highest BCUT2D eigenvalue weighted by Crippen LogP contribution is 2.31. The molecule has 4 heteroatoms. The molecule has 1 aliphatic carbocycles. The smallest absolute Gasteiger partial charge is 0.306 e. The van der Waals surface area contributed by atoms with Crippen molar-refractivity contribution in [2.45, 2.75) is 45.6 Å². The first kappa shape index (κ1) is 15.4. The van der Waals surface area contributed by atoms with Gasteiger partial charge in [-0.1, -0.05) is 20.3 Å². The lowest BCUT2D eigenvalue weighted by Gasteiger charge is -2.41. The molecule has 3 atom stereocenters. The van der Waals surface area contributed by atoms with E-state index in [1.165, 1.54) is 26.4 Å². The lowest BCUT2D eigenvalue weighted by Crippen LogP contribution is -2.47. The summed E-state index contributed by atoms with van der Waals surface area (Å²) in [7, 11) is 1.45. The average molecular weight is 256 g/mol. The number of hydrogen-bond donors (Lipinski definition) is 1. The average Bonchev–Trinajstić information content (AvgIpc) is 2.39. The molecule has 0 spiro atoms. The number of carbonyl (C=O) groups excluding carboxylic acids is 1. The van der Waals surface area contributed by atoms with Gasteiger partial charge in [-0.15, -0.1) is 0 Å². The first-order chi connectivity index (χ1) is 8.62. The summed E-state index contributed by atoms with van der Waals surface area (Å²) in [5.74, 6) is 1.23. The molecule has 0 aromatic rings. The molecular formula is C14H28N2O2. The zero-order valence-electron chi connectivity index (χ0n) is 12.0. The largest absolute Gasteiger partial charge is 0.469 e. The fourth-order valence-electron chi connectivity index (χ4n) is 3.03. The Kier molecular flexibility index (Phi) is 6.65. The lowest BCUT2D eigenvalue weighted by molar-refractivity contribution is -0.141. The molecule has 0 bridgehead atoms. The molecule has 4 nitrogen and oxygen atoms in total. The van der Waals surface area contributed by atoms with E-state index in [-0.39, 0.29) is 5.97 Å². The van der Waals surface area contributed by atoms with Crippen LogP contribution in [-0.4, -0.2) is 43.7 Å². The maximum Gasteiger partial charge on any atom is 0.306 e. The van der Waals surface area contributed by atoms with Gasteiger partial charge in [0.05, 0.1) is 13.5 Å². The molecule has 0 radical (unpaired) electrons. The molecule has 18 heavy (non-hydrogen) atoms. The number of hydrogen-bond acceptors (Lipinski definition) is 4. The summed E-state index contributed by atoms with van der Waals surface area (Å²) in [4.78, 5) is 13.7. The van der Waals surface area contributed by atoms with Gasteiger partial charge in [0.15, 0.2) is 0 Å². The molecule has 2 N–H and O–H groups in total. The van der Waals surface area contributed by atoms with E-state index in [4.69, 9.17) is 10.5 Å². The summed E-state index contributed by atoms with van der Waals surface area (Å²) >= 11 is 0. The predicted octanol–water partition coefficient (Wildman–Crippen LogP) is 1.63. The molecule has 3 unspecified atom stereocenters. The van der Waals surface area contributed by atoms with Gasteiger partial charge in [0.25, 0.3) is 0 Å². The zero-order valence-corrected chi connectivity index (χ0v) is 12.0. The summed E-state index contributed by atoms with van der Waals surface area (Å²) in [6, 6.07) is 0.536. The zero-order chi connectivity index (χ0) is 13.5. The van der Waals surface area contributed by atoms with Crippen LogP contribution < -0.4 is 5.73 Å². The lowest BCUT2D eigenvalue weighted by atomic mass is 9.78. The fourth-order valence-corrected chi connectivity index (χ4v) is 3.03.